The van der Waals surface area contributed by atoms with Gasteiger partial charge >= 0.3 is 0 Å². The molecule has 0 saturated carbocycles. The number of anilines is 1. The number of ether oxygens (including phenoxy) is 1. The van der Waals surface area contributed by atoms with Crippen LogP contribution < -0.4 is 9.64 Å². The normalized spacial score (nSPS) is 11.4. The number of hydrogen-bond acceptors (Lipinski definition) is 7. The molecule has 164 valence electrons. The summed E-state index contributed by atoms with van der Waals surface area (Å²) in [5.41, 5.74) is 1.36. The van der Waals surface area contributed by atoms with Gasteiger partial charge in [-0.25, -0.2) is 13.4 Å². The van der Waals surface area contributed by atoms with Crippen LogP contribution in [0.5, 0.6) is 5.75 Å². The smallest absolute Gasteiger partial charge is 0.244 e. The number of pyridine rings is 1. The van der Waals surface area contributed by atoms with E-state index in [1.54, 1.807) is 48.8 Å². The molecule has 2 aromatic heterocycles. The summed E-state index contributed by atoms with van der Waals surface area (Å²) >= 11 is 7.53. The van der Waals surface area contributed by atoms with E-state index in [9.17, 15) is 13.2 Å². The summed E-state index contributed by atoms with van der Waals surface area (Å²) in [6.45, 7) is 0.150. The number of sulfone groups is 1. The van der Waals surface area contributed by atoms with Crippen molar-refractivity contribution < 1.29 is 17.9 Å². The number of methoxy groups -OCH3 is 1. The number of rotatable bonds is 7. The summed E-state index contributed by atoms with van der Waals surface area (Å²) < 4.78 is 31.7. The zero-order valence-electron chi connectivity index (χ0n) is 16.9. The SMILES string of the molecule is COc1ccc(S(=O)(=O)CC(=O)N(Cc2ccncc2)c2nc3c(Cl)cccc3s2)cc1. The van der Waals surface area contributed by atoms with Crippen molar-refractivity contribution in [2.24, 2.45) is 0 Å². The van der Waals surface area contributed by atoms with Gasteiger partial charge in [-0.05, 0) is 54.1 Å². The van der Waals surface area contributed by atoms with E-state index in [1.807, 2.05) is 6.07 Å². The Hall–Kier alpha value is -3.01. The van der Waals surface area contributed by atoms with Crippen LogP contribution in [0, 0.1) is 0 Å². The first-order chi connectivity index (χ1) is 15.4. The predicted octanol–water partition coefficient (Wildman–Crippen LogP) is 4.36. The van der Waals surface area contributed by atoms with Gasteiger partial charge in [-0.1, -0.05) is 29.0 Å². The topological polar surface area (TPSA) is 89.5 Å². The third kappa shape index (κ3) is 4.74. The third-order valence-corrected chi connectivity index (χ3v) is 7.68. The number of nitrogens with zero attached hydrogens (tertiary/aromatic N) is 3. The maximum atomic E-state index is 13.3. The number of thiazole rings is 1. The Labute approximate surface area is 194 Å². The van der Waals surface area contributed by atoms with Crippen LogP contribution in [0.15, 0.2) is 71.9 Å². The maximum absolute atomic E-state index is 13.3. The van der Waals surface area contributed by atoms with Crippen LogP contribution in [-0.4, -0.2) is 37.2 Å². The molecule has 0 aliphatic rings. The minimum Gasteiger partial charge on any atom is -0.497 e. The summed E-state index contributed by atoms with van der Waals surface area (Å²) in [6, 6.07) is 14.8. The summed E-state index contributed by atoms with van der Waals surface area (Å²) in [4.78, 5) is 23.2. The lowest BCUT2D eigenvalue weighted by molar-refractivity contribution is -0.116. The van der Waals surface area contributed by atoms with Crippen molar-refractivity contribution in [1.82, 2.24) is 9.97 Å². The van der Waals surface area contributed by atoms with Gasteiger partial charge in [0.15, 0.2) is 15.0 Å². The number of carbonyl (C=O) groups is 1. The molecular formula is C22H18ClN3O4S2. The van der Waals surface area contributed by atoms with Crippen LogP contribution in [-0.2, 0) is 21.2 Å². The number of halogens is 1. The number of amides is 1. The second kappa shape index (κ2) is 9.23. The predicted molar refractivity (Wildman–Crippen MR) is 125 cm³/mol. The number of carbonyl (C=O) groups excluding carboxylic acids is 1. The fourth-order valence-corrected chi connectivity index (χ4v) is 5.54. The van der Waals surface area contributed by atoms with Gasteiger partial charge in [0.25, 0.3) is 0 Å². The second-order valence-electron chi connectivity index (χ2n) is 6.85. The first-order valence-electron chi connectivity index (χ1n) is 9.48. The number of hydrogen-bond donors (Lipinski definition) is 0. The van der Waals surface area contributed by atoms with E-state index in [2.05, 4.69) is 9.97 Å². The fourth-order valence-electron chi connectivity index (χ4n) is 3.06. The quantitative estimate of drug-likeness (QED) is 0.384. The highest BCUT2D eigenvalue weighted by Gasteiger charge is 2.27. The summed E-state index contributed by atoms with van der Waals surface area (Å²) in [5.74, 6) is -0.762. The molecule has 1 amide bonds. The monoisotopic (exact) mass is 487 g/mol. The Bertz CT molecular complexity index is 1360. The molecule has 0 bridgehead atoms. The van der Waals surface area contributed by atoms with E-state index >= 15 is 0 Å². The lowest BCUT2D eigenvalue weighted by atomic mass is 10.2. The third-order valence-electron chi connectivity index (χ3n) is 4.71. The van der Waals surface area contributed by atoms with E-state index in [1.165, 1.54) is 35.5 Å². The molecular weight excluding hydrogens is 470 g/mol. The molecule has 4 rings (SSSR count). The van der Waals surface area contributed by atoms with E-state index in [4.69, 9.17) is 16.3 Å². The Kier molecular flexibility index (Phi) is 6.40. The largest absolute Gasteiger partial charge is 0.497 e. The van der Waals surface area contributed by atoms with Gasteiger partial charge in [0.2, 0.25) is 5.91 Å². The van der Waals surface area contributed by atoms with Gasteiger partial charge in [0.05, 0.1) is 28.3 Å². The van der Waals surface area contributed by atoms with Crippen LogP contribution in [0.1, 0.15) is 5.56 Å². The van der Waals surface area contributed by atoms with Gasteiger partial charge in [0, 0.05) is 12.4 Å². The molecule has 2 heterocycles. The van der Waals surface area contributed by atoms with Crippen molar-refractivity contribution in [2.45, 2.75) is 11.4 Å². The molecule has 0 aliphatic carbocycles. The zero-order chi connectivity index (χ0) is 22.7. The lowest BCUT2D eigenvalue weighted by Crippen LogP contribution is -2.35. The molecule has 32 heavy (non-hydrogen) atoms. The summed E-state index contributed by atoms with van der Waals surface area (Å²) in [6.07, 6.45) is 3.22. The van der Waals surface area contributed by atoms with E-state index in [-0.39, 0.29) is 11.4 Å². The Balaban J connectivity index is 1.68. The lowest BCUT2D eigenvalue weighted by Gasteiger charge is -2.20. The molecule has 10 heteroatoms. The zero-order valence-corrected chi connectivity index (χ0v) is 19.3. The molecule has 0 unspecified atom stereocenters. The van der Waals surface area contributed by atoms with Crippen molar-refractivity contribution in [3.05, 3.63) is 77.6 Å². The maximum Gasteiger partial charge on any atom is 0.244 e. The van der Waals surface area contributed by atoms with Crippen LogP contribution in [0.25, 0.3) is 10.2 Å². The van der Waals surface area contributed by atoms with Crippen molar-refractivity contribution in [3.63, 3.8) is 0 Å². The highest BCUT2D eigenvalue weighted by molar-refractivity contribution is 7.92. The summed E-state index contributed by atoms with van der Waals surface area (Å²) in [5, 5.41) is 0.840. The molecule has 0 radical (unpaired) electrons. The molecule has 0 atom stereocenters. The van der Waals surface area contributed by atoms with Crippen molar-refractivity contribution >= 4 is 54.0 Å². The highest BCUT2D eigenvalue weighted by Crippen LogP contribution is 2.33. The number of aromatic nitrogens is 2. The summed E-state index contributed by atoms with van der Waals surface area (Å²) in [7, 11) is -2.38. The molecule has 0 spiro atoms. The highest BCUT2D eigenvalue weighted by atomic mass is 35.5. The van der Waals surface area contributed by atoms with E-state index in [0.717, 1.165) is 10.3 Å². The van der Waals surface area contributed by atoms with Crippen LogP contribution in [0.2, 0.25) is 5.02 Å². The minimum atomic E-state index is -3.88. The Morgan fingerprint density at radius 3 is 2.47 bits per heavy atom. The van der Waals surface area contributed by atoms with Crippen LogP contribution in [0.3, 0.4) is 0 Å². The molecule has 7 nitrogen and oxygen atoms in total. The Morgan fingerprint density at radius 2 is 1.81 bits per heavy atom. The first-order valence-corrected chi connectivity index (χ1v) is 12.3. The van der Waals surface area contributed by atoms with Crippen molar-refractivity contribution in [1.29, 1.82) is 0 Å². The van der Waals surface area contributed by atoms with E-state index < -0.39 is 21.5 Å². The van der Waals surface area contributed by atoms with Crippen molar-refractivity contribution in [2.75, 3.05) is 17.8 Å². The average molecular weight is 488 g/mol. The van der Waals surface area contributed by atoms with E-state index in [0.29, 0.717) is 21.4 Å². The van der Waals surface area contributed by atoms with Gasteiger partial charge < -0.3 is 4.74 Å². The second-order valence-corrected chi connectivity index (χ2v) is 10.3. The van der Waals surface area contributed by atoms with Gasteiger partial charge in [-0.15, -0.1) is 0 Å². The number of benzene rings is 2. The van der Waals surface area contributed by atoms with Crippen LogP contribution in [0.4, 0.5) is 5.13 Å². The number of para-hydroxylation sites is 1. The molecule has 0 fully saturated rings. The molecule has 0 aliphatic heterocycles. The van der Waals surface area contributed by atoms with Gasteiger partial charge in [-0.3, -0.25) is 14.7 Å². The molecule has 0 saturated heterocycles. The van der Waals surface area contributed by atoms with Gasteiger partial charge in [0.1, 0.15) is 17.0 Å². The number of fused-ring (bicyclic) bond motifs is 1. The fraction of sp³-hybridized carbons (Fsp3) is 0.136. The molecule has 2 aromatic carbocycles. The van der Waals surface area contributed by atoms with Gasteiger partial charge in [-0.2, -0.15) is 0 Å². The molecule has 0 N–H and O–H groups in total. The Morgan fingerprint density at radius 1 is 1.09 bits per heavy atom. The molecule has 4 aromatic rings. The van der Waals surface area contributed by atoms with Crippen molar-refractivity contribution in [3.8, 4) is 5.75 Å². The average Bonchev–Trinajstić information content (AvgIpc) is 3.23. The van der Waals surface area contributed by atoms with Crippen LogP contribution >= 0.6 is 22.9 Å². The first kappa shape index (κ1) is 22.2. The standard InChI is InChI=1S/C22H18ClN3O4S2/c1-30-16-5-7-17(8-6-16)32(28,29)14-20(27)26(13-15-9-11-24-12-10-15)22-25-21-18(23)3-2-4-19(21)31-22/h2-12H,13-14H2,1H3. The minimum absolute atomic E-state index is 0.0443.